The third kappa shape index (κ3) is 2.94. The highest BCUT2D eigenvalue weighted by Crippen LogP contribution is 2.36. The van der Waals surface area contributed by atoms with E-state index in [1.807, 2.05) is 42.2 Å². The summed E-state index contributed by atoms with van der Waals surface area (Å²) in [4.78, 5) is 19.0. The molecule has 1 aromatic heterocycles. The molecule has 1 aromatic carbocycles. The SMILES string of the molecule is Cc1nc(C[C@@H]2OC[C@H]3CN(C(=O)c4ccccc4)CC[C@H]32)n[nH]1. The minimum absolute atomic E-state index is 0.127. The molecule has 1 amide bonds. The van der Waals surface area contributed by atoms with Crippen molar-refractivity contribution in [3.63, 3.8) is 0 Å². The predicted molar refractivity (Wildman–Crippen MR) is 88.5 cm³/mol. The lowest BCUT2D eigenvalue weighted by Gasteiger charge is -2.35. The predicted octanol–water partition coefficient (Wildman–Crippen LogP) is 1.83. The van der Waals surface area contributed by atoms with Gasteiger partial charge >= 0.3 is 0 Å². The van der Waals surface area contributed by atoms with Gasteiger partial charge in [0.05, 0.1) is 12.7 Å². The fourth-order valence-corrected chi connectivity index (χ4v) is 3.91. The van der Waals surface area contributed by atoms with E-state index in [9.17, 15) is 4.79 Å². The molecule has 1 N–H and O–H groups in total. The summed E-state index contributed by atoms with van der Waals surface area (Å²) < 4.78 is 6.02. The number of fused-ring (bicyclic) bond motifs is 1. The molecule has 0 radical (unpaired) electrons. The fraction of sp³-hybridized carbons (Fsp3) is 0.500. The van der Waals surface area contributed by atoms with E-state index in [4.69, 9.17) is 4.74 Å². The number of carbonyl (C=O) groups excluding carboxylic acids is 1. The van der Waals surface area contributed by atoms with Crippen LogP contribution in [0, 0.1) is 18.8 Å². The van der Waals surface area contributed by atoms with Crippen molar-refractivity contribution in [3.8, 4) is 0 Å². The summed E-state index contributed by atoms with van der Waals surface area (Å²) in [5, 5.41) is 7.10. The first-order valence-electron chi connectivity index (χ1n) is 8.54. The maximum atomic E-state index is 12.6. The number of hydrogen-bond acceptors (Lipinski definition) is 4. The Hall–Kier alpha value is -2.21. The Morgan fingerprint density at radius 2 is 2.21 bits per heavy atom. The number of piperidine rings is 1. The van der Waals surface area contributed by atoms with Gasteiger partial charge in [-0.15, -0.1) is 0 Å². The first kappa shape index (κ1) is 15.3. The number of aromatic amines is 1. The van der Waals surface area contributed by atoms with Gasteiger partial charge in [0.15, 0.2) is 5.82 Å². The van der Waals surface area contributed by atoms with Crippen LogP contribution in [0.3, 0.4) is 0 Å². The highest BCUT2D eigenvalue weighted by Gasteiger charge is 2.42. The van der Waals surface area contributed by atoms with Crippen molar-refractivity contribution in [3.05, 3.63) is 47.5 Å². The zero-order valence-electron chi connectivity index (χ0n) is 13.8. The Labute approximate surface area is 141 Å². The Balaban J connectivity index is 1.40. The van der Waals surface area contributed by atoms with Crippen LogP contribution < -0.4 is 0 Å². The molecule has 6 nitrogen and oxygen atoms in total. The molecule has 0 spiro atoms. The lowest BCUT2D eigenvalue weighted by Crippen LogP contribution is -2.44. The molecule has 6 heteroatoms. The Kier molecular flexibility index (Phi) is 4.06. The van der Waals surface area contributed by atoms with E-state index in [0.717, 1.165) is 49.8 Å². The smallest absolute Gasteiger partial charge is 0.253 e. The van der Waals surface area contributed by atoms with Crippen molar-refractivity contribution >= 4 is 5.91 Å². The number of nitrogens with one attached hydrogen (secondary N) is 1. The number of rotatable bonds is 3. The van der Waals surface area contributed by atoms with E-state index < -0.39 is 0 Å². The van der Waals surface area contributed by atoms with Crippen LogP contribution in [0.25, 0.3) is 0 Å². The highest BCUT2D eigenvalue weighted by molar-refractivity contribution is 5.94. The first-order chi connectivity index (χ1) is 11.7. The number of likely N-dealkylation sites (tertiary alicyclic amines) is 1. The second-order valence-electron chi connectivity index (χ2n) is 6.74. The van der Waals surface area contributed by atoms with Crippen LogP contribution in [0.4, 0.5) is 0 Å². The highest BCUT2D eigenvalue weighted by atomic mass is 16.5. The third-order valence-electron chi connectivity index (χ3n) is 5.13. The van der Waals surface area contributed by atoms with Crippen LogP contribution in [0.2, 0.25) is 0 Å². The normalized spacial score (nSPS) is 26.4. The standard InChI is InChI=1S/C18H22N4O2/c1-12-19-17(21-20-12)9-16-15-7-8-22(10-14(15)11-24-16)18(23)13-5-3-2-4-6-13/h2-6,14-16H,7-11H2,1H3,(H,19,20,21)/t14-,15-,16+/m1/s1. The van der Waals surface area contributed by atoms with E-state index in [2.05, 4.69) is 15.2 Å². The summed E-state index contributed by atoms with van der Waals surface area (Å²) in [6.07, 6.45) is 1.90. The molecule has 2 saturated heterocycles. The molecule has 3 atom stereocenters. The molecule has 0 bridgehead atoms. The molecular formula is C18H22N4O2. The number of amides is 1. The van der Waals surface area contributed by atoms with Gasteiger partial charge in [-0.1, -0.05) is 18.2 Å². The summed E-state index contributed by atoms with van der Waals surface area (Å²) in [5.41, 5.74) is 0.766. The second kappa shape index (κ2) is 6.36. The number of H-pyrrole nitrogens is 1. The van der Waals surface area contributed by atoms with Crippen LogP contribution >= 0.6 is 0 Å². The molecule has 2 aromatic rings. The molecule has 2 aliphatic heterocycles. The summed E-state index contributed by atoms with van der Waals surface area (Å²) >= 11 is 0. The lowest BCUT2D eigenvalue weighted by molar-refractivity contribution is 0.0610. The number of aromatic nitrogens is 3. The van der Waals surface area contributed by atoms with Crippen LogP contribution in [0.1, 0.15) is 28.4 Å². The zero-order chi connectivity index (χ0) is 16.5. The number of carbonyl (C=O) groups is 1. The zero-order valence-corrected chi connectivity index (χ0v) is 13.8. The first-order valence-corrected chi connectivity index (χ1v) is 8.54. The quantitative estimate of drug-likeness (QED) is 0.934. The average molecular weight is 326 g/mol. The monoisotopic (exact) mass is 326 g/mol. The van der Waals surface area contributed by atoms with Gasteiger partial charge in [-0.3, -0.25) is 9.89 Å². The number of aryl methyl sites for hydroxylation is 1. The van der Waals surface area contributed by atoms with Gasteiger partial charge in [0.1, 0.15) is 5.82 Å². The Morgan fingerprint density at radius 3 is 2.96 bits per heavy atom. The van der Waals surface area contributed by atoms with Gasteiger partial charge in [-0.05, 0) is 31.4 Å². The molecular weight excluding hydrogens is 304 g/mol. The van der Waals surface area contributed by atoms with Gasteiger partial charge in [-0.25, -0.2) is 4.98 Å². The van der Waals surface area contributed by atoms with Crippen molar-refractivity contribution in [2.45, 2.75) is 25.9 Å². The topological polar surface area (TPSA) is 71.1 Å². The van der Waals surface area contributed by atoms with Gasteiger partial charge in [0.25, 0.3) is 5.91 Å². The molecule has 0 unspecified atom stereocenters. The van der Waals surface area contributed by atoms with Crippen LogP contribution in [-0.2, 0) is 11.2 Å². The van der Waals surface area contributed by atoms with Crippen molar-refractivity contribution in [2.75, 3.05) is 19.7 Å². The average Bonchev–Trinajstić information content (AvgIpc) is 3.21. The maximum Gasteiger partial charge on any atom is 0.253 e. The van der Waals surface area contributed by atoms with Crippen molar-refractivity contribution in [1.82, 2.24) is 20.1 Å². The maximum absolute atomic E-state index is 12.6. The molecule has 24 heavy (non-hydrogen) atoms. The fourth-order valence-electron chi connectivity index (χ4n) is 3.91. The number of nitrogens with zero attached hydrogens (tertiary/aromatic N) is 3. The minimum atomic E-state index is 0.127. The van der Waals surface area contributed by atoms with Crippen molar-refractivity contribution < 1.29 is 9.53 Å². The summed E-state index contributed by atoms with van der Waals surface area (Å²) in [6, 6.07) is 9.52. The molecule has 4 rings (SSSR count). The molecule has 0 saturated carbocycles. The molecule has 3 heterocycles. The third-order valence-corrected chi connectivity index (χ3v) is 5.13. The number of ether oxygens (including phenoxy) is 1. The van der Waals surface area contributed by atoms with Gasteiger partial charge in [-0.2, -0.15) is 5.10 Å². The number of benzene rings is 1. The Morgan fingerprint density at radius 1 is 1.38 bits per heavy atom. The summed E-state index contributed by atoms with van der Waals surface area (Å²) in [5.74, 6) is 2.69. The van der Waals surface area contributed by atoms with E-state index in [0.29, 0.717) is 11.8 Å². The van der Waals surface area contributed by atoms with E-state index in [-0.39, 0.29) is 12.0 Å². The Bertz CT molecular complexity index is 715. The minimum Gasteiger partial charge on any atom is -0.377 e. The second-order valence-corrected chi connectivity index (χ2v) is 6.74. The molecule has 2 aliphatic rings. The van der Waals surface area contributed by atoms with Crippen molar-refractivity contribution in [2.24, 2.45) is 11.8 Å². The largest absolute Gasteiger partial charge is 0.377 e. The summed E-state index contributed by atoms with van der Waals surface area (Å²) in [6.45, 7) is 4.20. The van der Waals surface area contributed by atoms with Crippen molar-refractivity contribution in [1.29, 1.82) is 0 Å². The summed E-state index contributed by atoms with van der Waals surface area (Å²) in [7, 11) is 0. The van der Waals surface area contributed by atoms with Crippen LogP contribution in [-0.4, -0.2) is 51.8 Å². The molecule has 126 valence electrons. The van der Waals surface area contributed by atoms with Crippen LogP contribution in [0.15, 0.2) is 30.3 Å². The van der Waals surface area contributed by atoms with E-state index in [1.54, 1.807) is 0 Å². The molecule has 2 fully saturated rings. The van der Waals surface area contributed by atoms with E-state index >= 15 is 0 Å². The van der Waals surface area contributed by atoms with Gasteiger partial charge in [0.2, 0.25) is 0 Å². The van der Waals surface area contributed by atoms with Gasteiger partial charge in [0, 0.05) is 31.0 Å². The lowest BCUT2D eigenvalue weighted by atomic mass is 9.83. The van der Waals surface area contributed by atoms with Gasteiger partial charge < -0.3 is 9.64 Å². The van der Waals surface area contributed by atoms with E-state index in [1.165, 1.54) is 0 Å². The molecule has 0 aliphatic carbocycles. The number of hydrogen-bond donors (Lipinski definition) is 1. The van der Waals surface area contributed by atoms with Crippen LogP contribution in [0.5, 0.6) is 0 Å².